The van der Waals surface area contributed by atoms with Gasteiger partial charge in [0.25, 0.3) is 5.91 Å². The average Bonchev–Trinajstić information content (AvgIpc) is 2.99. The first-order valence-corrected chi connectivity index (χ1v) is 7.60. The van der Waals surface area contributed by atoms with Gasteiger partial charge in [0.05, 0.1) is 6.54 Å². The van der Waals surface area contributed by atoms with Crippen molar-refractivity contribution in [2.45, 2.75) is 26.0 Å². The van der Waals surface area contributed by atoms with Crippen molar-refractivity contribution in [3.05, 3.63) is 47.0 Å². The maximum Gasteiger partial charge on any atom is 0.272 e. The predicted octanol–water partition coefficient (Wildman–Crippen LogP) is 1.81. The van der Waals surface area contributed by atoms with Crippen LogP contribution in [0.2, 0.25) is 0 Å². The van der Waals surface area contributed by atoms with E-state index in [1.54, 1.807) is 12.1 Å². The summed E-state index contributed by atoms with van der Waals surface area (Å²) in [5.74, 6) is 0.0328. The van der Waals surface area contributed by atoms with E-state index in [0.29, 0.717) is 24.5 Å². The molecule has 3 N–H and O–H groups in total. The Morgan fingerprint density at radius 2 is 2.17 bits per heavy atom. The monoisotopic (exact) mass is 354 g/mol. The standard InChI is InChI=1S/C16H19FN4O2.ClH/c1-10(23-12-4-2-11(17)3-5-12)8-19-16(22)15-13-9-18-7-6-14(13)20-21-15;/h2-5,10,18H,6-9H2,1H3,(H,19,22)(H,20,21);1H. The van der Waals surface area contributed by atoms with Crippen LogP contribution < -0.4 is 15.4 Å². The van der Waals surface area contributed by atoms with E-state index in [0.717, 1.165) is 24.2 Å². The van der Waals surface area contributed by atoms with Crippen molar-refractivity contribution in [2.24, 2.45) is 0 Å². The largest absolute Gasteiger partial charge is 0.489 e. The normalized spacial score (nSPS) is 14.2. The van der Waals surface area contributed by atoms with Gasteiger partial charge in [0.15, 0.2) is 5.69 Å². The Bertz CT molecular complexity index is 690. The third-order valence-electron chi connectivity index (χ3n) is 3.72. The fraction of sp³-hybridized carbons (Fsp3) is 0.375. The highest BCUT2D eigenvalue weighted by molar-refractivity contribution is 5.94. The molecule has 1 aliphatic heterocycles. The molecular formula is C16H20ClFN4O2. The van der Waals surface area contributed by atoms with Crippen molar-refractivity contribution >= 4 is 18.3 Å². The fourth-order valence-electron chi connectivity index (χ4n) is 2.52. The predicted molar refractivity (Wildman–Crippen MR) is 90.1 cm³/mol. The molecule has 24 heavy (non-hydrogen) atoms. The van der Waals surface area contributed by atoms with Crippen molar-refractivity contribution in [3.63, 3.8) is 0 Å². The highest BCUT2D eigenvalue weighted by Gasteiger charge is 2.21. The molecule has 0 spiro atoms. The molecule has 6 nitrogen and oxygen atoms in total. The van der Waals surface area contributed by atoms with Gasteiger partial charge in [-0.1, -0.05) is 0 Å². The van der Waals surface area contributed by atoms with Crippen molar-refractivity contribution < 1.29 is 13.9 Å². The number of rotatable bonds is 5. The molecule has 0 saturated heterocycles. The fourth-order valence-corrected chi connectivity index (χ4v) is 2.52. The highest BCUT2D eigenvalue weighted by atomic mass is 35.5. The number of carbonyl (C=O) groups is 1. The van der Waals surface area contributed by atoms with Crippen LogP contribution in [0.5, 0.6) is 5.75 Å². The lowest BCUT2D eigenvalue weighted by atomic mass is 10.1. The second-order valence-electron chi connectivity index (χ2n) is 5.55. The topological polar surface area (TPSA) is 79.0 Å². The van der Waals surface area contributed by atoms with Crippen LogP contribution in [-0.4, -0.2) is 35.3 Å². The summed E-state index contributed by atoms with van der Waals surface area (Å²) in [6.07, 6.45) is 0.608. The van der Waals surface area contributed by atoms with Crippen LogP contribution in [0.15, 0.2) is 24.3 Å². The summed E-state index contributed by atoms with van der Waals surface area (Å²) in [7, 11) is 0. The Hall–Kier alpha value is -2.12. The van der Waals surface area contributed by atoms with Crippen LogP contribution in [0.1, 0.15) is 28.7 Å². The molecule has 0 fully saturated rings. The van der Waals surface area contributed by atoms with E-state index in [9.17, 15) is 9.18 Å². The Labute approximate surface area is 145 Å². The number of halogens is 2. The third-order valence-corrected chi connectivity index (χ3v) is 3.72. The Morgan fingerprint density at radius 3 is 2.92 bits per heavy atom. The second kappa shape index (κ2) is 8.12. The molecule has 0 aliphatic carbocycles. The van der Waals surface area contributed by atoms with Gasteiger partial charge in [-0.05, 0) is 31.2 Å². The zero-order chi connectivity index (χ0) is 16.2. The van der Waals surface area contributed by atoms with E-state index in [2.05, 4.69) is 20.8 Å². The van der Waals surface area contributed by atoms with Gasteiger partial charge in [-0.15, -0.1) is 12.4 Å². The first-order valence-electron chi connectivity index (χ1n) is 7.60. The van der Waals surface area contributed by atoms with Crippen molar-refractivity contribution in [3.8, 4) is 5.75 Å². The first kappa shape index (κ1) is 18.2. The van der Waals surface area contributed by atoms with Crippen LogP contribution in [0.4, 0.5) is 4.39 Å². The summed E-state index contributed by atoms with van der Waals surface area (Å²) >= 11 is 0. The number of aromatic nitrogens is 2. The van der Waals surface area contributed by atoms with E-state index in [-0.39, 0.29) is 30.2 Å². The van der Waals surface area contributed by atoms with Crippen LogP contribution in [0.3, 0.4) is 0 Å². The Kier molecular flexibility index (Phi) is 6.16. The molecule has 1 atom stereocenters. The number of hydrogen-bond acceptors (Lipinski definition) is 4. The highest BCUT2D eigenvalue weighted by Crippen LogP contribution is 2.15. The van der Waals surface area contributed by atoms with E-state index in [4.69, 9.17) is 4.74 Å². The lowest BCUT2D eigenvalue weighted by Gasteiger charge is -2.16. The van der Waals surface area contributed by atoms with Crippen molar-refractivity contribution in [1.82, 2.24) is 20.8 Å². The summed E-state index contributed by atoms with van der Waals surface area (Å²) in [4.78, 5) is 12.3. The summed E-state index contributed by atoms with van der Waals surface area (Å²) in [5.41, 5.74) is 2.38. The lowest BCUT2D eigenvalue weighted by Crippen LogP contribution is -2.35. The molecule has 1 unspecified atom stereocenters. The quantitative estimate of drug-likeness (QED) is 0.765. The first-order chi connectivity index (χ1) is 11.1. The minimum absolute atomic E-state index is 0. The van der Waals surface area contributed by atoms with E-state index in [1.165, 1.54) is 12.1 Å². The number of hydrogen-bond donors (Lipinski definition) is 3. The number of benzene rings is 1. The van der Waals surface area contributed by atoms with E-state index < -0.39 is 0 Å². The average molecular weight is 355 g/mol. The molecule has 3 rings (SSSR count). The van der Waals surface area contributed by atoms with Gasteiger partial charge >= 0.3 is 0 Å². The summed E-state index contributed by atoms with van der Waals surface area (Å²) in [6, 6.07) is 5.79. The minimum Gasteiger partial charge on any atom is -0.489 e. The molecule has 0 radical (unpaired) electrons. The minimum atomic E-state index is -0.310. The van der Waals surface area contributed by atoms with Crippen molar-refractivity contribution in [2.75, 3.05) is 13.1 Å². The maximum atomic E-state index is 12.8. The molecule has 1 amide bonds. The Balaban J connectivity index is 0.00000208. The van der Waals surface area contributed by atoms with E-state index in [1.807, 2.05) is 6.92 Å². The zero-order valence-electron chi connectivity index (χ0n) is 13.3. The molecule has 1 aliphatic rings. The molecule has 0 bridgehead atoms. The van der Waals surface area contributed by atoms with Crippen LogP contribution in [-0.2, 0) is 13.0 Å². The molecule has 1 aromatic heterocycles. The number of aromatic amines is 1. The van der Waals surface area contributed by atoms with Gasteiger partial charge in [-0.3, -0.25) is 9.89 Å². The molecule has 8 heteroatoms. The molecule has 130 valence electrons. The summed E-state index contributed by atoms with van der Waals surface area (Å²) in [5, 5.41) is 13.1. The van der Waals surface area contributed by atoms with Gasteiger partial charge < -0.3 is 15.4 Å². The number of nitrogens with zero attached hydrogens (tertiary/aromatic N) is 1. The SMILES string of the molecule is CC(CNC(=O)c1n[nH]c2c1CNCC2)Oc1ccc(F)cc1.Cl. The summed E-state index contributed by atoms with van der Waals surface area (Å²) in [6.45, 7) is 3.71. The van der Waals surface area contributed by atoms with E-state index >= 15 is 0 Å². The van der Waals surface area contributed by atoms with Gasteiger partial charge in [-0.25, -0.2) is 4.39 Å². The number of fused-ring (bicyclic) bond motifs is 1. The number of amides is 1. The van der Waals surface area contributed by atoms with Crippen LogP contribution in [0, 0.1) is 5.82 Å². The number of H-pyrrole nitrogens is 1. The van der Waals surface area contributed by atoms with Gasteiger partial charge in [0.1, 0.15) is 17.7 Å². The second-order valence-corrected chi connectivity index (χ2v) is 5.55. The van der Waals surface area contributed by atoms with Crippen LogP contribution >= 0.6 is 12.4 Å². The Morgan fingerprint density at radius 1 is 1.42 bits per heavy atom. The van der Waals surface area contributed by atoms with Crippen LogP contribution in [0.25, 0.3) is 0 Å². The van der Waals surface area contributed by atoms with Gasteiger partial charge in [0, 0.05) is 30.8 Å². The molecule has 0 saturated carbocycles. The smallest absolute Gasteiger partial charge is 0.272 e. The molecule has 1 aromatic carbocycles. The third kappa shape index (κ3) is 4.24. The number of carbonyl (C=O) groups excluding carboxylic acids is 1. The van der Waals surface area contributed by atoms with Gasteiger partial charge in [-0.2, -0.15) is 5.10 Å². The number of nitrogens with one attached hydrogen (secondary N) is 3. The van der Waals surface area contributed by atoms with Crippen molar-refractivity contribution in [1.29, 1.82) is 0 Å². The van der Waals surface area contributed by atoms with Gasteiger partial charge in [0.2, 0.25) is 0 Å². The molecular weight excluding hydrogens is 335 g/mol. The summed E-state index contributed by atoms with van der Waals surface area (Å²) < 4.78 is 18.5. The molecule has 2 heterocycles. The maximum absolute atomic E-state index is 12.8. The molecule has 2 aromatic rings. The zero-order valence-corrected chi connectivity index (χ0v) is 14.1. The lowest BCUT2D eigenvalue weighted by molar-refractivity contribution is 0.0926. The number of ether oxygens (including phenoxy) is 1.